The van der Waals surface area contributed by atoms with E-state index >= 15 is 0 Å². The highest BCUT2D eigenvalue weighted by Crippen LogP contribution is 2.23. The zero-order valence-corrected chi connectivity index (χ0v) is 12.7. The summed E-state index contributed by atoms with van der Waals surface area (Å²) < 4.78 is 10.5. The number of nitrogens with one attached hydrogen (secondary N) is 1. The van der Waals surface area contributed by atoms with Crippen LogP contribution in [0, 0.1) is 0 Å². The summed E-state index contributed by atoms with van der Waals surface area (Å²) in [5.74, 6) is -0.162. The van der Waals surface area contributed by atoms with E-state index in [9.17, 15) is 4.79 Å². The summed E-state index contributed by atoms with van der Waals surface area (Å²) in [5, 5.41) is 3.42. The van der Waals surface area contributed by atoms with Crippen LogP contribution in [0.25, 0.3) is 0 Å². The van der Waals surface area contributed by atoms with Crippen LogP contribution in [0.1, 0.15) is 33.6 Å². The van der Waals surface area contributed by atoms with E-state index in [1.54, 1.807) is 0 Å². The zero-order chi connectivity index (χ0) is 14.3. The van der Waals surface area contributed by atoms with E-state index in [0.717, 1.165) is 26.0 Å². The molecule has 0 saturated heterocycles. The molecule has 112 valence electrons. The summed E-state index contributed by atoms with van der Waals surface area (Å²) in [6, 6.07) is 0.467. The van der Waals surface area contributed by atoms with E-state index in [1.807, 2.05) is 27.8 Å². The number of nitrogens with zero attached hydrogens (tertiary/aromatic N) is 1. The molecule has 1 aliphatic rings. The summed E-state index contributed by atoms with van der Waals surface area (Å²) in [6.45, 7) is 9.04. The van der Waals surface area contributed by atoms with Gasteiger partial charge in [-0.05, 0) is 40.7 Å². The zero-order valence-electron chi connectivity index (χ0n) is 12.7. The Bertz CT molecular complexity index is 282. The van der Waals surface area contributed by atoms with Crippen LogP contribution in [-0.2, 0) is 14.3 Å². The van der Waals surface area contributed by atoms with Crippen molar-refractivity contribution in [2.75, 3.05) is 40.0 Å². The van der Waals surface area contributed by atoms with E-state index in [4.69, 9.17) is 9.47 Å². The van der Waals surface area contributed by atoms with Gasteiger partial charge in [0.15, 0.2) is 0 Å². The maximum Gasteiger partial charge on any atom is 0.327 e. The number of rotatable bonds is 10. The number of hydrogen-bond donors (Lipinski definition) is 1. The molecule has 19 heavy (non-hydrogen) atoms. The number of carbonyl (C=O) groups excluding carboxylic acids is 1. The molecule has 0 radical (unpaired) electrons. The maximum atomic E-state index is 12.2. The lowest BCUT2D eigenvalue weighted by molar-refractivity contribution is -0.151. The van der Waals surface area contributed by atoms with Gasteiger partial charge in [-0.1, -0.05) is 0 Å². The van der Waals surface area contributed by atoms with Gasteiger partial charge >= 0.3 is 5.97 Å². The fraction of sp³-hybridized carbons (Fsp3) is 0.929. The minimum atomic E-state index is -0.627. The molecular weight excluding hydrogens is 244 g/mol. The van der Waals surface area contributed by atoms with Gasteiger partial charge in [-0.15, -0.1) is 0 Å². The molecule has 1 aliphatic carbocycles. The molecule has 5 nitrogen and oxygen atoms in total. The van der Waals surface area contributed by atoms with Gasteiger partial charge in [-0.25, -0.2) is 0 Å². The van der Waals surface area contributed by atoms with Crippen molar-refractivity contribution >= 4 is 5.97 Å². The second-order valence-electron chi connectivity index (χ2n) is 5.41. The molecule has 1 atom stereocenters. The Kier molecular flexibility index (Phi) is 6.75. The first-order valence-corrected chi connectivity index (χ1v) is 7.23. The van der Waals surface area contributed by atoms with E-state index in [1.165, 1.54) is 0 Å². The normalized spacial score (nSPS) is 18.4. The molecule has 0 spiro atoms. The van der Waals surface area contributed by atoms with Crippen LogP contribution in [0.3, 0.4) is 0 Å². The molecule has 1 rings (SSSR count). The third-order valence-corrected chi connectivity index (χ3v) is 3.23. The lowest BCUT2D eigenvalue weighted by Crippen LogP contribution is -2.58. The van der Waals surface area contributed by atoms with Crippen LogP contribution in [0.15, 0.2) is 0 Å². The molecule has 0 heterocycles. The number of ether oxygens (including phenoxy) is 2. The predicted octanol–water partition coefficient (Wildman–Crippen LogP) is 1.03. The fourth-order valence-electron chi connectivity index (χ4n) is 2.12. The van der Waals surface area contributed by atoms with Crippen molar-refractivity contribution in [3.05, 3.63) is 0 Å². The van der Waals surface area contributed by atoms with E-state index in [0.29, 0.717) is 25.8 Å². The van der Waals surface area contributed by atoms with Gasteiger partial charge in [-0.3, -0.25) is 10.1 Å². The molecule has 0 aliphatic heterocycles. The molecule has 1 unspecified atom stereocenters. The summed E-state index contributed by atoms with van der Waals surface area (Å²) in [5.41, 5.74) is -0.627. The smallest absolute Gasteiger partial charge is 0.327 e. The van der Waals surface area contributed by atoms with Gasteiger partial charge in [0.2, 0.25) is 0 Å². The van der Waals surface area contributed by atoms with Crippen LogP contribution >= 0.6 is 0 Å². The molecule has 0 aromatic heterocycles. The molecule has 0 amide bonds. The second-order valence-corrected chi connectivity index (χ2v) is 5.41. The van der Waals surface area contributed by atoms with E-state index in [-0.39, 0.29) is 5.97 Å². The fourth-order valence-corrected chi connectivity index (χ4v) is 2.12. The summed E-state index contributed by atoms with van der Waals surface area (Å²) in [6.07, 6.45) is 2.30. The highest BCUT2D eigenvalue weighted by Gasteiger charge is 2.40. The molecule has 0 aromatic rings. The molecule has 1 fully saturated rings. The molecule has 1 N–H and O–H groups in total. The molecule has 0 aromatic carbocycles. The second kappa shape index (κ2) is 7.82. The Labute approximate surface area is 116 Å². The SMILES string of the molecule is CCOCCN(C)CC(C)(NC1CC1)C(=O)OCC. The van der Waals surface area contributed by atoms with Gasteiger partial charge < -0.3 is 14.4 Å². The van der Waals surface area contributed by atoms with Crippen molar-refractivity contribution in [2.24, 2.45) is 0 Å². The standard InChI is InChI=1S/C14H28N2O3/c1-5-18-10-9-16(4)11-14(3,13(17)19-6-2)15-12-7-8-12/h12,15H,5-11H2,1-4H3. The van der Waals surface area contributed by atoms with Gasteiger partial charge in [0.1, 0.15) is 5.54 Å². The van der Waals surface area contributed by atoms with E-state index < -0.39 is 5.54 Å². The number of likely N-dealkylation sites (N-methyl/N-ethyl adjacent to an activating group) is 1. The first kappa shape index (κ1) is 16.4. The van der Waals surface area contributed by atoms with Crippen molar-refractivity contribution in [3.63, 3.8) is 0 Å². The number of esters is 1. The average Bonchev–Trinajstić information content (AvgIpc) is 3.13. The third-order valence-electron chi connectivity index (χ3n) is 3.23. The predicted molar refractivity (Wildman–Crippen MR) is 75.2 cm³/mol. The Morgan fingerprint density at radius 3 is 2.58 bits per heavy atom. The largest absolute Gasteiger partial charge is 0.465 e. The van der Waals surface area contributed by atoms with Gasteiger partial charge in [0.25, 0.3) is 0 Å². The van der Waals surface area contributed by atoms with Crippen molar-refractivity contribution < 1.29 is 14.3 Å². The number of hydrogen-bond acceptors (Lipinski definition) is 5. The summed E-state index contributed by atoms with van der Waals surface area (Å²) in [4.78, 5) is 14.3. The minimum Gasteiger partial charge on any atom is -0.465 e. The highest BCUT2D eigenvalue weighted by atomic mass is 16.5. The van der Waals surface area contributed by atoms with Crippen LogP contribution in [0.4, 0.5) is 0 Å². The minimum absolute atomic E-state index is 0.162. The van der Waals surface area contributed by atoms with Crippen molar-refractivity contribution in [1.29, 1.82) is 0 Å². The first-order valence-electron chi connectivity index (χ1n) is 7.23. The average molecular weight is 272 g/mol. The maximum absolute atomic E-state index is 12.2. The van der Waals surface area contributed by atoms with Crippen LogP contribution in [0.5, 0.6) is 0 Å². The van der Waals surface area contributed by atoms with Gasteiger partial charge in [0.05, 0.1) is 13.2 Å². The topological polar surface area (TPSA) is 50.8 Å². The number of carbonyl (C=O) groups is 1. The monoisotopic (exact) mass is 272 g/mol. The molecular formula is C14H28N2O3. The molecule has 1 saturated carbocycles. The lowest BCUT2D eigenvalue weighted by atomic mass is 10.0. The van der Waals surface area contributed by atoms with Crippen LogP contribution < -0.4 is 5.32 Å². The van der Waals surface area contributed by atoms with Crippen LogP contribution in [-0.4, -0.2) is 62.4 Å². The quantitative estimate of drug-likeness (QED) is 0.475. The van der Waals surface area contributed by atoms with Gasteiger partial charge in [0, 0.05) is 25.7 Å². The van der Waals surface area contributed by atoms with Crippen molar-refractivity contribution in [2.45, 2.75) is 45.2 Å². The Hall–Kier alpha value is -0.650. The first-order chi connectivity index (χ1) is 9.01. The Balaban J connectivity index is 2.49. The van der Waals surface area contributed by atoms with Crippen molar-refractivity contribution in [1.82, 2.24) is 10.2 Å². The molecule has 0 bridgehead atoms. The Morgan fingerprint density at radius 1 is 1.37 bits per heavy atom. The highest BCUT2D eigenvalue weighted by molar-refractivity contribution is 5.80. The van der Waals surface area contributed by atoms with Crippen LogP contribution in [0.2, 0.25) is 0 Å². The molecule has 5 heteroatoms. The summed E-state index contributed by atoms with van der Waals surface area (Å²) in [7, 11) is 2.01. The summed E-state index contributed by atoms with van der Waals surface area (Å²) >= 11 is 0. The third kappa shape index (κ3) is 5.89. The lowest BCUT2D eigenvalue weighted by Gasteiger charge is -2.32. The van der Waals surface area contributed by atoms with Crippen molar-refractivity contribution in [3.8, 4) is 0 Å². The van der Waals surface area contributed by atoms with E-state index in [2.05, 4.69) is 10.2 Å². The van der Waals surface area contributed by atoms with Gasteiger partial charge in [-0.2, -0.15) is 0 Å². The Morgan fingerprint density at radius 2 is 2.05 bits per heavy atom.